The molecule has 1 heterocycles. The van der Waals surface area contributed by atoms with Crippen molar-refractivity contribution >= 4 is 11.9 Å². The molecule has 1 N–H and O–H groups in total. The summed E-state index contributed by atoms with van der Waals surface area (Å²) in [6, 6.07) is 0. The minimum atomic E-state index is -0.907. The number of carboxylic acids is 1. The summed E-state index contributed by atoms with van der Waals surface area (Å²) in [5, 5.41) is 8.46. The van der Waals surface area contributed by atoms with E-state index in [9.17, 15) is 9.59 Å². The van der Waals surface area contributed by atoms with Gasteiger partial charge in [-0.2, -0.15) is 0 Å². The average Bonchev–Trinajstić information content (AvgIpc) is 2.50. The van der Waals surface area contributed by atoms with Gasteiger partial charge in [0.2, 0.25) is 0 Å². The second-order valence-electron chi connectivity index (χ2n) is 2.95. The lowest BCUT2D eigenvalue weighted by atomic mass is 10.1. The van der Waals surface area contributed by atoms with Crippen molar-refractivity contribution in [3.05, 3.63) is 0 Å². The molecule has 13 heavy (non-hydrogen) atoms. The second kappa shape index (κ2) is 4.23. The molecule has 0 radical (unpaired) electrons. The Morgan fingerprint density at radius 2 is 2.23 bits per heavy atom. The molecule has 0 bridgehead atoms. The third kappa shape index (κ3) is 2.69. The zero-order chi connectivity index (χ0) is 9.84. The number of aliphatic carboxylic acids is 1. The van der Waals surface area contributed by atoms with Crippen molar-refractivity contribution in [2.75, 3.05) is 7.11 Å². The van der Waals surface area contributed by atoms with Gasteiger partial charge in [-0.25, -0.2) is 4.79 Å². The number of hydrogen-bond acceptors (Lipinski definition) is 4. The van der Waals surface area contributed by atoms with Gasteiger partial charge < -0.3 is 14.6 Å². The van der Waals surface area contributed by atoms with Crippen LogP contribution in [-0.2, 0) is 19.1 Å². The summed E-state index contributed by atoms with van der Waals surface area (Å²) in [7, 11) is 1.29. The molecule has 1 rings (SSSR count). The van der Waals surface area contributed by atoms with Crippen molar-refractivity contribution in [2.24, 2.45) is 0 Å². The lowest BCUT2D eigenvalue weighted by Gasteiger charge is -2.09. The summed E-state index contributed by atoms with van der Waals surface area (Å²) in [4.78, 5) is 21.3. The first-order valence-electron chi connectivity index (χ1n) is 4.08. The normalized spacial score (nSPS) is 27.2. The molecule has 74 valence electrons. The van der Waals surface area contributed by atoms with Crippen LogP contribution in [0.2, 0.25) is 0 Å². The molecule has 0 aliphatic carbocycles. The minimum Gasteiger partial charge on any atom is -0.481 e. The standard InChI is InChI=1S/C8H12O5/c1-12-8(11)6-3-2-5(13-6)4-7(9)10/h5-6H,2-4H2,1H3,(H,9,10)/t5-,6+/m1/s1. The fraction of sp³-hybridized carbons (Fsp3) is 0.750. The Morgan fingerprint density at radius 3 is 2.77 bits per heavy atom. The lowest BCUT2D eigenvalue weighted by Crippen LogP contribution is -2.23. The quantitative estimate of drug-likeness (QED) is 0.639. The van der Waals surface area contributed by atoms with Gasteiger partial charge >= 0.3 is 11.9 Å². The minimum absolute atomic E-state index is 0.0481. The third-order valence-corrected chi connectivity index (χ3v) is 1.97. The lowest BCUT2D eigenvalue weighted by molar-refractivity contribution is -0.155. The molecule has 1 aliphatic heterocycles. The molecule has 0 aromatic carbocycles. The molecular formula is C8H12O5. The van der Waals surface area contributed by atoms with Crippen LogP contribution in [0.4, 0.5) is 0 Å². The highest BCUT2D eigenvalue weighted by Gasteiger charge is 2.32. The van der Waals surface area contributed by atoms with E-state index in [-0.39, 0.29) is 12.5 Å². The maximum absolute atomic E-state index is 11.0. The van der Waals surface area contributed by atoms with Gasteiger partial charge in [0.05, 0.1) is 19.6 Å². The smallest absolute Gasteiger partial charge is 0.334 e. The van der Waals surface area contributed by atoms with Crippen molar-refractivity contribution in [1.29, 1.82) is 0 Å². The second-order valence-corrected chi connectivity index (χ2v) is 2.95. The van der Waals surface area contributed by atoms with E-state index in [1.54, 1.807) is 0 Å². The molecule has 0 amide bonds. The van der Waals surface area contributed by atoms with Gasteiger partial charge in [0.15, 0.2) is 6.10 Å². The summed E-state index contributed by atoms with van der Waals surface area (Å²) >= 11 is 0. The van der Waals surface area contributed by atoms with E-state index in [0.717, 1.165) is 0 Å². The summed E-state index contributed by atoms with van der Waals surface area (Å²) in [5.74, 6) is -1.33. The SMILES string of the molecule is COC(=O)[C@@H]1CC[C@H](CC(=O)O)O1. The van der Waals surface area contributed by atoms with Gasteiger partial charge in [0.25, 0.3) is 0 Å². The van der Waals surface area contributed by atoms with Gasteiger partial charge in [-0.15, -0.1) is 0 Å². The number of carbonyl (C=O) groups excluding carboxylic acids is 1. The van der Waals surface area contributed by atoms with Crippen molar-refractivity contribution in [2.45, 2.75) is 31.5 Å². The highest BCUT2D eigenvalue weighted by molar-refractivity contribution is 5.75. The number of carboxylic acid groups (broad SMARTS) is 1. The third-order valence-electron chi connectivity index (χ3n) is 1.97. The molecule has 0 unspecified atom stereocenters. The van der Waals surface area contributed by atoms with Crippen molar-refractivity contribution in [3.8, 4) is 0 Å². The molecule has 1 aliphatic rings. The Bertz CT molecular complexity index is 213. The summed E-state index contributed by atoms with van der Waals surface area (Å²) in [5.41, 5.74) is 0. The van der Waals surface area contributed by atoms with E-state index in [1.807, 2.05) is 0 Å². The van der Waals surface area contributed by atoms with Crippen LogP contribution in [0.25, 0.3) is 0 Å². The molecule has 0 aromatic rings. The Balaban J connectivity index is 2.36. The zero-order valence-corrected chi connectivity index (χ0v) is 7.36. The zero-order valence-electron chi connectivity index (χ0n) is 7.36. The highest BCUT2D eigenvalue weighted by Crippen LogP contribution is 2.22. The number of esters is 1. The topological polar surface area (TPSA) is 72.8 Å². The molecular weight excluding hydrogens is 176 g/mol. The van der Waals surface area contributed by atoms with Crippen LogP contribution in [0, 0.1) is 0 Å². The maximum Gasteiger partial charge on any atom is 0.334 e. The molecule has 0 spiro atoms. The van der Waals surface area contributed by atoms with Gasteiger partial charge in [-0.1, -0.05) is 0 Å². The molecule has 2 atom stereocenters. The highest BCUT2D eigenvalue weighted by atomic mass is 16.6. The average molecular weight is 188 g/mol. The molecule has 0 aromatic heterocycles. The largest absolute Gasteiger partial charge is 0.481 e. The van der Waals surface area contributed by atoms with Gasteiger partial charge in [-0.05, 0) is 12.8 Å². The predicted molar refractivity (Wildman–Crippen MR) is 42.2 cm³/mol. The van der Waals surface area contributed by atoms with Gasteiger partial charge in [0, 0.05) is 0 Å². The number of methoxy groups -OCH3 is 1. The number of rotatable bonds is 3. The first kappa shape index (κ1) is 9.98. The van der Waals surface area contributed by atoms with Crippen LogP contribution in [0.1, 0.15) is 19.3 Å². The molecule has 5 heteroatoms. The monoisotopic (exact) mass is 188 g/mol. The number of carbonyl (C=O) groups is 2. The van der Waals surface area contributed by atoms with Crippen LogP contribution in [-0.4, -0.2) is 36.4 Å². The van der Waals surface area contributed by atoms with E-state index in [2.05, 4.69) is 4.74 Å². The Morgan fingerprint density at radius 1 is 1.54 bits per heavy atom. The van der Waals surface area contributed by atoms with Crippen molar-refractivity contribution in [3.63, 3.8) is 0 Å². The molecule has 1 saturated heterocycles. The van der Waals surface area contributed by atoms with E-state index < -0.39 is 18.0 Å². The Labute approximate surface area is 75.6 Å². The molecule has 0 saturated carbocycles. The van der Waals surface area contributed by atoms with Crippen molar-refractivity contribution < 1.29 is 24.2 Å². The maximum atomic E-state index is 11.0. The van der Waals surface area contributed by atoms with Crippen LogP contribution in [0.15, 0.2) is 0 Å². The number of hydrogen-bond donors (Lipinski definition) is 1. The van der Waals surface area contributed by atoms with Crippen LogP contribution in [0.5, 0.6) is 0 Å². The summed E-state index contributed by atoms with van der Waals surface area (Å²) < 4.78 is 9.65. The van der Waals surface area contributed by atoms with E-state index >= 15 is 0 Å². The summed E-state index contributed by atoms with van der Waals surface area (Å²) in [6.45, 7) is 0. The van der Waals surface area contributed by atoms with Gasteiger partial charge in [0.1, 0.15) is 0 Å². The van der Waals surface area contributed by atoms with E-state index in [1.165, 1.54) is 7.11 Å². The number of ether oxygens (including phenoxy) is 2. The van der Waals surface area contributed by atoms with E-state index in [4.69, 9.17) is 9.84 Å². The fourth-order valence-corrected chi connectivity index (χ4v) is 1.36. The first-order valence-corrected chi connectivity index (χ1v) is 4.08. The molecule has 1 fully saturated rings. The van der Waals surface area contributed by atoms with Crippen LogP contribution >= 0.6 is 0 Å². The first-order chi connectivity index (χ1) is 6.13. The summed E-state index contributed by atoms with van der Waals surface area (Å²) in [6.07, 6.45) is 0.181. The Hall–Kier alpha value is -1.10. The molecule has 5 nitrogen and oxygen atoms in total. The van der Waals surface area contributed by atoms with Crippen molar-refractivity contribution in [1.82, 2.24) is 0 Å². The Kier molecular flexibility index (Phi) is 3.25. The van der Waals surface area contributed by atoms with Crippen LogP contribution in [0.3, 0.4) is 0 Å². The fourth-order valence-electron chi connectivity index (χ4n) is 1.36. The van der Waals surface area contributed by atoms with E-state index in [0.29, 0.717) is 12.8 Å². The van der Waals surface area contributed by atoms with Gasteiger partial charge in [-0.3, -0.25) is 4.79 Å². The predicted octanol–water partition coefficient (Wildman–Crippen LogP) is 0.182. The van der Waals surface area contributed by atoms with Crippen LogP contribution < -0.4 is 0 Å².